The van der Waals surface area contributed by atoms with Crippen molar-refractivity contribution in [2.75, 3.05) is 0 Å². The van der Waals surface area contributed by atoms with Crippen molar-refractivity contribution in [3.63, 3.8) is 0 Å². The molecule has 0 nitrogen and oxygen atoms in total. The molecule has 0 bridgehead atoms. The van der Waals surface area contributed by atoms with E-state index in [1.807, 2.05) is 36.4 Å². The molecule has 88 valence electrons. The summed E-state index contributed by atoms with van der Waals surface area (Å²) in [7, 11) is 0. The number of alkyl halides is 1. The Bertz CT molecular complexity index is 520. The first-order valence-electron chi connectivity index (χ1n) is 5.24. The number of rotatable bonds is 2. The SMILES string of the molecule is Cc1c(Br)cccc1C(Cl)c1ccc(Br)cc1. The van der Waals surface area contributed by atoms with Crippen LogP contribution in [0.1, 0.15) is 22.1 Å². The van der Waals surface area contributed by atoms with Gasteiger partial charge in [-0.15, -0.1) is 11.6 Å². The van der Waals surface area contributed by atoms with Gasteiger partial charge >= 0.3 is 0 Å². The molecule has 0 heterocycles. The van der Waals surface area contributed by atoms with Crippen molar-refractivity contribution < 1.29 is 0 Å². The number of hydrogen-bond donors (Lipinski definition) is 0. The van der Waals surface area contributed by atoms with E-state index < -0.39 is 0 Å². The van der Waals surface area contributed by atoms with E-state index in [9.17, 15) is 0 Å². The zero-order chi connectivity index (χ0) is 12.4. The molecule has 0 spiro atoms. The van der Waals surface area contributed by atoms with Crippen LogP contribution in [0, 0.1) is 6.92 Å². The second-order valence-electron chi connectivity index (χ2n) is 3.87. The Morgan fingerprint density at radius 2 is 1.65 bits per heavy atom. The smallest absolute Gasteiger partial charge is 0.0838 e. The van der Waals surface area contributed by atoms with Crippen molar-refractivity contribution in [1.82, 2.24) is 0 Å². The molecule has 0 aliphatic rings. The van der Waals surface area contributed by atoms with Crippen molar-refractivity contribution in [3.8, 4) is 0 Å². The second kappa shape index (κ2) is 5.55. The molecule has 0 fully saturated rings. The quantitative estimate of drug-likeness (QED) is 0.579. The van der Waals surface area contributed by atoms with Gasteiger partial charge in [-0.3, -0.25) is 0 Å². The van der Waals surface area contributed by atoms with E-state index >= 15 is 0 Å². The average molecular weight is 375 g/mol. The molecule has 0 aromatic heterocycles. The molecule has 2 aromatic rings. The highest BCUT2D eigenvalue weighted by atomic mass is 79.9. The monoisotopic (exact) mass is 372 g/mol. The number of halogens is 3. The van der Waals surface area contributed by atoms with Crippen molar-refractivity contribution >= 4 is 43.5 Å². The molecule has 0 amide bonds. The van der Waals surface area contributed by atoms with Crippen LogP contribution in [0.15, 0.2) is 51.4 Å². The molecule has 0 saturated heterocycles. The summed E-state index contributed by atoms with van der Waals surface area (Å²) < 4.78 is 2.16. The minimum Gasteiger partial charge on any atom is -0.113 e. The molecule has 0 aliphatic heterocycles. The summed E-state index contributed by atoms with van der Waals surface area (Å²) in [6.45, 7) is 2.08. The zero-order valence-corrected chi connectivity index (χ0v) is 13.2. The molecule has 1 unspecified atom stereocenters. The summed E-state index contributed by atoms with van der Waals surface area (Å²) in [6.07, 6.45) is 0. The molecule has 0 N–H and O–H groups in total. The van der Waals surface area contributed by atoms with Crippen LogP contribution in [0.4, 0.5) is 0 Å². The summed E-state index contributed by atoms with van der Waals surface area (Å²) in [5.74, 6) is 0. The lowest BCUT2D eigenvalue weighted by atomic mass is 10.0. The predicted octanol–water partition coefficient (Wildman–Crippen LogP) is 5.85. The van der Waals surface area contributed by atoms with Gasteiger partial charge in [0, 0.05) is 8.95 Å². The first-order chi connectivity index (χ1) is 8.09. The fraction of sp³-hybridized carbons (Fsp3) is 0.143. The van der Waals surface area contributed by atoms with Crippen LogP contribution in [-0.4, -0.2) is 0 Å². The van der Waals surface area contributed by atoms with Gasteiger partial charge in [0.1, 0.15) is 0 Å². The molecule has 2 aromatic carbocycles. The summed E-state index contributed by atoms with van der Waals surface area (Å²) >= 11 is 13.5. The van der Waals surface area contributed by atoms with Gasteiger partial charge in [-0.05, 0) is 41.8 Å². The lowest BCUT2D eigenvalue weighted by Crippen LogP contribution is -1.96. The summed E-state index contributed by atoms with van der Waals surface area (Å²) in [5, 5.41) is -0.111. The molecule has 0 saturated carbocycles. The van der Waals surface area contributed by atoms with Gasteiger partial charge in [0.25, 0.3) is 0 Å². The lowest BCUT2D eigenvalue weighted by molar-refractivity contribution is 1.10. The Kier molecular flexibility index (Phi) is 4.29. The maximum absolute atomic E-state index is 6.53. The van der Waals surface area contributed by atoms with Crippen LogP contribution in [-0.2, 0) is 0 Å². The summed E-state index contributed by atoms with van der Waals surface area (Å²) in [5.41, 5.74) is 3.44. The largest absolute Gasteiger partial charge is 0.113 e. The lowest BCUT2D eigenvalue weighted by Gasteiger charge is -2.14. The van der Waals surface area contributed by atoms with Crippen molar-refractivity contribution in [2.24, 2.45) is 0 Å². The van der Waals surface area contributed by atoms with Crippen LogP contribution in [0.5, 0.6) is 0 Å². The van der Waals surface area contributed by atoms with E-state index in [2.05, 4.69) is 44.8 Å². The molecular formula is C14H11Br2Cl. The van der Waals surface area contributed by atoms with Crippen LogP contribution >= 0.6 is 43.5 Å². The number of hydrogen-bond acceptors (Lipinski definition) is 0. The Balaban J connectivity index is 2.40. The van der Waals surface area contributed by atoms with E-state index in [-0.39, 0.29) is 5.38 Å². The Morgan fingerprint density at radius 3 is 2.29 bits per heavy atom. The third kappa shape index (κ3) is 2.93. The second-order valence-corrected chi connectivity index (χ2v) is 6.07. The minimum atomic E-state index is -0.111. The molecular weight excluding hydrogens is 363 g/mol. The molecule has 0 radical (unpaired) electrons. The fourth-order valence-corrected chi connectivity index (χ4v) is 2.74. The van der Waals surface area contributed by atoms with Crippen molar-refractivity contribution in [3.05, 3.63) is 68.1 Å². The maximum atomic E-state index is 6.53. The maximum Gasteiger partial charge on any atom is 0.0838 e. The van der Waals surface area contributed by atoms with E-state index in [1.54, 1.807) is 0 Å². The van der Waals surface area contributed by atoms with Gasteiger partial charge < -0.3 is 0 Å². The van der Waals surface area contributed by atoms with E-state index in [0.29, 0.717) is 0 Å². The van der Waals surface area contributed by atoms with Crippen LogP contribution < -0.4 is 0 Å². The molecule has 1 atom stereocenters. The predicted molar refractivity (Wildman–Crippen MR) is 80.7 cm³/mol. The third-order valence-electron chi connectivity index (χ3n) is 2.75. The van der Waals surface area contributed by atoms with E-state index in [1.165, 1.54) is 5.56 Å². The minimum absolute atomic E-state index is 0.111. The van der Waals surface area contributed by atoms with Gasteiger partial charge in [0.05, 0.1) is 5.38 Å². The Hall–Kier alpha value is -0.310. The molecule has 2 rings (SSSR count). The molecule has 0 aliphatic carbocycles. The average Bonchev–Trinajstić information content (AvgIpc) is 2.33. The third-order valence-corrected chi connectivity index (χ3v) is 4.62. The Labute approximate surface area is 123 Å². The highest BCUT2D eigenvalue weighted by molar-refractivity contribution is 9.10. The fourth-order valence-electron chi connectivity index (χ4n) is 1.71. The normalized spacial score (nSPS) is 12.5. The van der Waals surface area contributed by atoms with Gasteiger partial charge in [0.15, 0.2) is 0 Å². The first-order valence-corrected chi connectivity index (χ1v) is 7.26. The van der Waals surface area contributed by atoms with E-state index in [4.69, 9.17) is 11.6 Å². The standard InChI is InChI=1S/C14H11Br2Cl/c1-9-12(3-2-4-13(9)16)14(17)10-5-7-11(15)8-6-10/h2-8,14H,1H3. The Morgan fingerprint density at radius 1 is 1.00 bits per heavy atom. The van der Waals surface area contributed by atoms with Crippen molar-refractivity contribution in [2.45, 2.75) is 12.3 Å². The highest BCUT2D eigenvalue weighted by Gasteiger charge is 2.14. The molecule has 17 heavy (non-hydrogen) atoms. The topological polar surface area (TPSA) is 0 Å². The zero-order valence-electron chi connectivity index (χ0n) is 9.25. The van der Waals surface area contributed by atoms with Crippen LogP contribution in [0.2, 0.25) is 0 Å². The van der Waals surface area contributed by atoms with E-state index in [0.717, 1.165) is 20.1 Å². The summed E-state index contributed by atoms with van der Waals surface area (Å²) in [6, 6.07) is 14.2. The molecule has 3 heteroatoms. The van der Waals surface area contributed by atoms with Crippen LogP contribution in [0.3, 0.4) is 0 Å². The van der Waals surface area contributed by atoms with Gasteiger partial charge in [-0.25, -0.2) is 0 Å². The van der Waals surface area contributed by atoms with Gasteiger partial charge in [0.2, 0.25) is 0 Å². The van der Waals surface area contributed by atoms with Crippen molar-refractivity contribution in [1.29, 1.82) is 0 Å². The summed E-state index contributed by atoms with van der Waals surface area (Å²) in [4.78, 5) is 0. The first kappa shape index (κ1) is 13.1. The highest BCUT2D eigenvalue weighted by Crippen LogP contribution is 2.34. The number of benzene rings is 2. The van der Waals surface area contributed by atoms with Crippen LogP contribution in [0.25, 0.3) is 0 Å². The van der Waals surface area contributed by atoms with Gasteiger partial charge in [-0.2, -0.15) is 0 Å². The van der Waals surface area contributed by atoms with Gasteiger partial charge in [-0.1, -0.05) is 56.1 Å².